The fourth-order valence-corrected chi connectivity index (χ4v) is 4.57. The highest BCUT2D eigenvalue weighted by Gasteiger charge is 2.34. The van der Waals surface area contributed by atoms with Gasteiger partial charge in [-0.2, -0.15) is 0 Å². The highest BCUT2D eigenvalue weighted by Crippen LogP contribution is 2.31. The molecule has 2 amide bonds. The second kappa shape index (κ2) is 11.0. The zero-order valence-corrected chi connectivity index (χ0v) is 19.2. The van der Waals surface area contributed by atoms with E-state index in [4.69, 9.17) is 4.74 Å². The van der Waals surface area contributed by atoms with Gasteiger partial charge in [-0.1, -0.05) is 48.5 Å². The summed E-state index contributed by atoms with van der Waals surface area (Å²) in [6, 6.07) is 23.3. The number of piperidine rings is 1. The predicted octanol–water partition coefficient (Wildman–Crippen LogP) is 4.44. The first-order chi connectivity index (χ1) is 16.5. The van der Waals surface area contributed by atoms with Gasteiger partial charge in [0, 0.05) is 31.1 Å². The van der Waals surface area contributed by atoms with Gasteiger partial charge in [0.2, 0.25) is 5.91 Å². The molecule has 0 saturated carbocycles. The van der Waals surface area contributed by atoms with Gasteiger partial charge in [-0.05, 0) is 54.3 Å². The number of likely N-dealkylation sites (tertiary alicyclic amines) is 1. The molecule has 1 aliphatic heterocycles. The first-order valence-corrected chi connectivity index (χ1v) is 11.5. The van der Waals surface area contributed by atoms with Crippen molar-refractivity contribution in [2.75, 3.05) is 26.7 Å². The molecule has 1 fully saturated rings. The van der Waals surface area contributed by atoms with Gasteiger partial charge < -0.3 is 15.0 Å². The normalized spacial score (nSPS) is 17.8. The molecule has 0 aromatic heterocycles. The SMILES string of the molecule is COc1ccccc1CCNC(=O)C1CC(c2ccccc2)CN(C(=O)c2ccc(F)cc2)C1. The summed E-state index contributed by atoms with van der Waals surface area (Å²) in [5.74, 6) is -0.121. The molecular formula is C28H29FN2O3. The molecule has 0 aliphatic carbocycles. The van der Waals surface area contributed by atoms with Crippen LogP contribution in [-0.4, -0.2) is 43.5 Å². The maximum atomic E-state index is 13.3. The monoisotopic (exact) mass is 460 g/mol. The number of amides is 2. The minimum absolute atomic E-state index is 0.0457. The lowest BCUT2D eigenvalue weighted by Crippen LogP contribution is -2.48. The van der Waals surface area contributed by atoms with Crippen LogP contribution in [-0.2, 0) is 11.2 Å². The molecule has 3 aromatic carbocycles. The largest absolute Gasteiger partial charge is 0.496 e. The van der Waals surface area contributed by atoms with Crippen molar-refractivity contribution >= 4 is 11.8 Å². The number of nitrogens with zero attached hydrogens (tertiary/aromatic N) is 1. The van der Waals surface area contributed by atoms with Crippen molar-refractivity contribution in [1.29, 1.82) is 0 Å². The Morgan fingerprint density at radius 1 is 0.971 bits per heavy atom. The second-order valence-electron chi connectivity index (χ2n) is 8.61. The number of halogens is 1. The van der Waals surface area contributed by atoms with E-state index in [2.05, 4.69) is 5.32 Å². The van der Waals surface area contributed by atoms with Gasteiger partial charge in [-0.3, -0.25) is 9.59 Å². The average Bonchev–Trinajstić information content (AvgIpc) is 2.89. The quantitative estimate of drug-likeness (QED) is 0.567. The number of hydrogen-bond donors (Lipinski definition) is 1. The van der Waals surface area contributed by atoms with Crippen LogP contribution in [0.2, 0.25) is 0 Å². The number of para-hydroxylation sites is 1. The Morgan fingerprint density at radius 2 is 1.68 bits per heavy atom. The zero-order chi connectivity index (χ0) is 23.9. The number of benzene rings is 3. The number of ether oxygens (including phenoxy) is 1. The van der Waals surface area contributed by atoms with Crippen molar-refractivity contribution in [3.8, 4) is 5.75 Å². The van der Waals surface area contributed by atoms with E-state index in [1.165, 1.54) is 24.3 Å². The van der Waals surface area contributed by atoms with E-state index < -0.39 is 0 Å². The first kappa shape index (κ1) is 23.5. The van der Waals surface area contributed by atoms with Crippen LogP contribution >= 0.6 is 0 Å². The third-order valence-electron chi connectivity index (χ3n) is 6.36. The fourth-order valence-electron chi connectivity index (χ4n) is 4.57. The number of hydrogen-bond acceptors (Lipinski definition) is 3. The summed E-state index contributed by atoms with van der Waals surface area (Å²) in [5, 5.41) is 3.05. The summed E-state index contributed by atoms with van der Waals surface area (Å²) in [5.41, 5.74) is 2.56. The van der Waals surface area contributed by atoms with E-state index in [0.29, 0.717) is 38.0 Å². The minimum Gasteiger partial charge on any atom is -0.496 e. The third-order valence-corrected chi connectivity index (χ3v) is 6.36. The molecule has 1 N–H and O–H groups in total. The summed E-state index contributed by atoms with van der Waals surface area (Å²) in [7, 11) is 1.63. The van der Waals surface area contributed by atoms with E-state index in [1.54, 1.807) is 12.0 Å². The van der Waals surface area contributed by atoms with Crippen molar-refractivity contribution < 1.29 is 18.7 Å². The summed E-state index contributed by atoms with van der Waals surface area (Å²) < 4.78 is 18.7. The van der Waals surface area contributed by atoms with Gasteiger partial charge in [0.15, 0.2) is 0 Å². The number of carbonyl (C=O) groups is 2. The zero-order valence-electron chi connectivity index (χ0n) is 19.2. The lowest BCUT2D eigenvalue weighted by Gasteiger charge is -2.37. The summed E-state index contributed by atoms with van der Waals surface area (Å²) in [6.45, 7) is 1.34. The molecule has 0 bridgehead atoms. The van der Waals surface area contributed by atoms with Crippen LogP contribution < -0.4 is 10.1 Å². The van der Waals surface area contributed by atoms with Crippen LogP contribution in [0.3, 0.4) is 0 Å². The molecular weight excluding hydrogens is 431 g/mol. The van der Waals surface area contributed by atoms with Gasteiger partial charge in [0.25, 0.3) is 5.91 Å². The van der Waals surface area contributed by atoms with Crippen molar-refractivity contribution in [3.63, 3.8) is 0 Å². The molecule has 176 valence electrons. The number of rotatable bonds is 7. The second-order valence-corrected chi connectivity index (χ2v) is 8.61. The van der Waals surface area contributed by atoms with Crippen LogP contribution in [0.15, 0.2) is 78.9 Å². The maximum absolute atomic E-state index is 13.3. The molecule has 0 radical (unpaired) electrons. The molecule has 6 heteroatoms. The van der Waals surface area contributed by atoms with E-state index in [0.717, 1.165) is 16.9 Å². The van der Waals surface area contributed by atoms with Gasteiger partial charge in [0.1, 0.15) is 11.6 Å². The van der Waals surface area contributed by atoms with Gasteiger partial charge in [-0.15, -0.1) is 0 Å². The topological polar surface area (TPSA) is 58.6 Å². The molecule has 2 atom stereocenters. The van der Waals surface area contributed by atoms with Gasteiger partial charge in [0.05, 0.1) is 13.0 Å². The van der Waals surface area contributed by atoms with E-state index in [1.807, 2.05) is 54.6 Å². The Hall–Kier alpha value is -3.67. The molecule has 2 unspecified atom stereocenters. The Labute approximate surface area is 199 Å². The highest BCUT2D eigenvalue weighted by atomic mass is 19.1. The fraction of sp³-hybridized carbons (Fsp3) is 0.286. The molecule has 1 heterocycles. The Balaban J connectivity index is 1.46. The Morgan fingerprint density at radius 3 is 2.41 bits per heavy atom. The summed E-state index contributed by atoms with van der Waals surface area (Å²) in [4.78, 5) is 28.0. The van der Waals surface area contributed by atoms with Crippen molar-refractivity contribution in [2.45, 2.75) is 18.8 Å². The van der Waals surface area contributed by atoms with E-state index in [9.17, 15) is 14.0 Å². The number of carbonyl (C=O) groups excluding carboxylic acids is 2. The Kier molecular flexibility index (Phi) is 7.58. The molecule has 0 spiro atoms. The smallest absolute Gasteiger partial charge is 0.253 e. The summed E-state index contributed by atoms with van der Waals surface area (Å²) in [6.07, 6.45) is 1.32. The van der Waals surface area contributed by atoms with Crippen LogP contribution in [0.25, 0.3) is 0 Å². The van der Waals surface area contributed by atoms with Crippen LogP contribution in [0, 0.1) is 11.7 Å². The van der Waals surface area contributed by atoms with Crippen LogP contribution in [0.4, 0.5) is 4.39 Å². The van der Waals surface area contributed by atoms with Crippen molar-refractivity contribution in [1.82, 2.24) is 10.2 Å². The summed E-state index contributed by atoms with van der Waals surface area (Å²) >= 11 is 0. The number of nitrogens with one attached hydrogen (secondary N) is 1. The van der Waals surface area contributed by atoms with Crippen LogP contribution in [0.1, 0.15) is 33.8 Å². The van der Waals surface area contributed by atoms with Crippen molar-refractivity contribution in [2.24, 2.45) is 5.92 Å². The van der Waals surface area contributed by atoms with E-state index >= 15 is 0 Å². The molecule has 3 aromatic rings. The van der Waals surface area contributed by atoms with Gasteiger partial charge >= 0.3 is 0 Å². The predicted molar refractivity (Wildman–Crippen MR) is 129 cm³/mol. The molecule has 1 aliphatic rings. The Bertz CT molecular complexity index is 1120. The lowest BCUT2D eigenvalue weighted by molar-refractivity contribution is -0.126. The maximum Gasteiger partial charge on any atom is 0.253 e. The minimum atomic E-state index is -0.385. The molecule has 34 heavy (non-hydrogen) atoms. The number of methoxy groups -OCH3 is 1. The third kappa shape index (κ3) is 5.63. The molecule has 4 rings (SSSR count). The average molecular weight is 461 g/mol. The van der Waals surface area contributed by atoms with E-state index in [-0.39, 0.29) is 29.5 Å². The van der Waals surface area contributed by atoms with Crippen LogP contribution in [0.5, 0.6) is 5.75 Å². The van der Waals surface area contributed by atoms with Gasteiger partial charge in [-0.25, -0.2) is 4.39 Å². The first-order valence-electron chi connectivity index (χ1n) is 11.5. The molecule has 5 nitrogen and oxygen atoms in total. The lowest BCUT2D eigenvalue weighted by atomic mass is 9.83. The highest BCUT2D eigenvalue weighted by molar-refractivity contribution is 5.94. The standard InChI is InChI=1S/C28H29FN2O3/c1-34-26-10-6-5-9-21(26)15-16-30-27(32)24-17-23(20-7-3-2-4-8-20)18-31(19-24)28(33)22-11-13-25(29)14-12-22/h2-14,23-24H,15-19H2,1H3,(H,30,32). The molecule has 1 saturated heterocycles. The van der Waals surface area contributed by atoms with Crippen molar-refractivity contribution in [3.05, 3.63) is 101 Å².